The Morgan fingerprint density at radius 1 is 1.00 bits per heavy atom. The van der Waals surface area contributed by atoms with Gasteiger partial charge in [-0.05, 0) is 80.5 Å². The first-order valence-corrected chi connectivity index (χ1v) is 13.3. The molecule has 7 fully saturated rings. The number of ether oxygens (including phenoxy) is 2. The molecule has 7 rings (SSSR count). The summed E-state index contributed by atoms with van der Waals surface area (Å²) < 4.78 is 12.2. The van der Waals surface area contributed by atoms with Gasteiger partial charge in [-0.3, -0.25) is 4.79 Å². The number of aliphatic hydroxyl groups is 1. The second-order valence-electron chi connectivity index (χ2n) is 13.5. The van der Waals surface area contributed by atoms with E-state index in [-0.39, 0.29) is 40.3 Å². The van der Waals surface area contributed by atoms with Crippen LogP contribution in [0.15, 0.2) is 12.2 Å². The molecule has 2 bridgehead atoms. The standard InChI is InChI=1S/C28H38O5/c1-14-24(31)33-21-12-26(14,3)32-13-17(21)19-6-5-18-16-10-23(30)28-11-15(28)9-22(29)27(28,4)20(16)7-8-25(18,19)2/h15-21,23,30H,1,5-13H2,2-4H3. The Morgan fingerprint density at radius 2 is 1.73 bits per heavy atom. The van der Waals surface area contributed by atoms with E-state index >= 15 is 0 Å². The van der Waals surface area contributed by atoms with Crippen molar-refractivity contribution < 1.29 is 24.2 Å². The van der Waals surface area contributed by atoms with Gasteiger partial charge in [-0.15, -0.1) is 0 Å². The van der Waals surface area contributed by atoms with Gasteiger partial charge in [0.05, 0.1) is 18.3 Å². The lowest BCUT2D eigenvalue weighted by Gasteiger charge is -2.60. The number of hydrogen-bond acceptors (Lipinski definition) is 5. The van der Waals surface area contributed by atoms with Crippen LogP contribution in [0, 0.1) is 51.8 Å². The summed E-state index contributed by atoms with van der Waals surface area (Å²) in [6, 6.07) is 0. The molecule has 180 valence electrons. The number of ketones is 1. The molecule has 5 heteroatoms. The van der Waals surface area contributed by atoms with Gasteiger partial charge in [0.2, 0.25) is 0 Å². The van der Waals surface area contributed by atoms with Crippen molar-refractivity contribution in [2.45, 2.75) is 89.9 Å². The zero-order chi connectivity index (χ0) is 23.1. The molecule has 1 spiro atoms. The molecule has 0 amide bonds. The van der Waals surface area contributed by atoms with E-state index in [1.807, 2.05) is 6.92 Å². The van der Waals surface area contributed by atoms with E-state index in [0.717, 1.165) is 38.5 Å². The third-order valence-electron chi connectivity index (χ3n) is 12.8. The van der Waals surface area contributed by atoms with E-state index in [0.29, 0.717) is 60.4 Å². The fraction of sp³-hybridized carbons (Fsp3) is 0.857. The Labute approximate surface area is 196 Å². The van der Waals surface area contributed by atoms with E-state index in [4.69, 9.17) is 9.47 Å². The van der Waals surface area contributed by atoms with Gasteiger partial charge in [-0.25, -0.2) is 4.79 Å². The highest BCUT2D eigenvalue weighted by molar-refractivity contribution is 5.91. The van der Waals surface area contributed by atoms with Crippen LogP contribution in [0.2, 0.25) is 0 Å². The van der Waals surface area contributed by atoms with Crippen LogP contribution in [0.5, 0.6) is 0 Å². The van der Waals surface area contributed by atoms with Crippen LogP contribution in [0.1, 0.15) is 72.1 Å². The van der Waals surface area contributed by atoms with E-state index in [1.54, 1.807) is 0 Å². The zero-order valence-corrected chi connectivity index (χ0v) is 20.3. The first kappa shape index (κ1) is 21.1. The van der Waals surface area contributed by atoms with Gasteiger partial charge in [0.25, 0.3) is 0 Å². The lowest BCUT2D eigenvalue weighted by molar-refractivity contribution is -0.203. The average molecular weight is 455 g/mol. The summed E-state index contributed by atoms with van der Waals surface area (Å²) in [5.74, 6) is 2.60. The number of aliphatic hydroxyl groups excluding tert-OH is 1. The predicted molar refractivity (Wildman–Crippen MR) is 121 cm³/mol. The molecular weight excluding hydrogens is 416 g/mol. The third kappa shape index (κ3) is 2.24. The molecule has 5 aliphatic carbocycles. The Hall–Kier alpha value is -1.20. The second-order valence-corrected chi connectivity index (χ2v) is 13.5. The van der Waals surface area contributed by atoms with Crippen molar-refractivity contribution in [1.29, 1.82) is 0 Å². The fourth-order valence-electron chi connectivity index (χ4n) is 10.9. The fourth-order valence-corrected chi connectivity index (χ4v) is 10.9. The van der Waals surface area contributed by atoms with Gasteiger partial charge < -0.3 is 14.6 Å². The van der Waals surface area contributed by atoms with Crippen LogP contribution in [0.4, 0.5) is 0 Å². The van der Waals surface area contributed by atoms with Crippen molar-refractivity contribution >= 4 is 11.8 Å². The number of esters is 1. The highest BCUT2D eigenvalue weighted by Gasteiger charge is 2.80. The average Bonchev–Trinajstić information content (AvgIpc) is 3.30. The van der Waals surface area contributed by atoms with Gasteiger partial charge in [0, 0.05) is 29.6 Å². The molecule has 12 atom stereocenters. The van der Waals surface area contributed by atoms with Crippen molar-refractivity contribution in [3.05, 3.63) is 12.2 Å². The minimum atomic E-state index is -0.590. The molecule has 0 aromatic rings. The molecule has 5 nitrogen and oxygen atoms in total. The van der Waals surface area contributed by atoms with Crippen LogP contribution >= 0.6 is 0 Å². The van der Waals surface area contributed by atoms with E-state index in [2.05, 4.69) is 20.4 Å². The Morgan fingerprint density at radius 3 is 2.48 bits per heavy atom. The minimum absolute atomic E-state index is 0.0959. The summed E-state index contributed by atoms with van der Waals surface area (Å²) in [5, 5.41) is 11.4. The van der Waals surface area contributed by atoms with Crippen molar-refractivity contribution in [1.82, 2.24) is 0 Å². The van der Waals surface area contributed by atoms with Crippen LogP contribution in [0.3, 0.4) is 0 Å². The smallest absolute Gasteiger partial charge is 0.336 e. The number of Topliss-reactive ketones (excluding diaryl/α,β-unsaturated/α-hetero) is 1. The summed E-state index contributed by atoms with van der Waals surface area (Å²) >= 11 is 0. The van der Waals surface area contributed by atoms with Crippen molar-refractivity contribution in [3.63, 3.8) is 0 Å². The first-order valence-electron chi connectivity index (χ1n) is 13.3. The van der Waals surface area contributed by atoms with Crippen LogP contribution < -0.4 is 0 Å². The highest BCUT2D eigenvalue weighted by Crippen LogP contribution is 2.80. The molecule has 5 saturated carbocycles. The zero-order valence-electron chi connectivity index (χ0n) is 20.3. The van der Waals surface area contributed by atoms with Gasteiger partial charge in [-0.1, -0.05) is 20.4 Å². The number of carbonyl (C=O) groups is 2. The maximum absolute atomic E-state index is 13.3. The molecule has 2 heterocycles. The first-order chi connectivity index (χ1) is 15.6. The van der Waals surface area contributed by atoms with Crippen LogP contribution in [0.25, 0.3) is 0 Å². The SMILES string of the molecule is C=C1C(=O)OC2CC1(C)OCC2C1CCC2C3CC(O)C45CC4CC(=O)C5(C)C3CCC12C. The summed E-state index contributed by atoms with van der Waals surface area (Å²) in [6.45, 7) is 11.2. The Kier molecular flexibility index (Phi) is 3.92. The monoisotopic (exact) mass is 454 g/mol. The van der Waals surface area contributed by atoms with Gasteiger partial charge >= 0.3 is 5.97 Å². The van der Waals surface area contributed by atoms with Crippen LogP contribution in [-0.4, -0.2) is 41.3 Å². The third-order valence-corrected chi connectivity index (χ3v) is 12.8. The number of carbonyl (C=O) groups excluding carboxylic acids is 2. The number of hydrogen-bond donors (Lipinski definition) is 1. The molecule has 33 heavy (non-hydrogen) atoms. The van der Waals surface area contributed by atoms with Crippen LogP contribution in [-0.2, 0) is 19.1 Å². The molecule has 0 radical (unpaired) electrons. The molecule has 1 N–H and O–H groups in total. The number of fused-ring (bicyclic) bond motifs is 6. The summed E-state index contributed by atoms with van der Waals surface area (Å²) in [7, 11) is 0. The Bertz CT molecular complexity index is 973. The van der Waals surface area contributed by atoms with E-state index in [9.17, 15) is 14.7 Å². The largest absolute Gasteiger partial charge is 0.458 e. The van der Waals surface area contributed by atoms with E-state index in [1.165, 1.54) is 0 Å². The minimum Gasteiger partial charge on any atom is -0.458 e. The van der Waals surface area contributed by atoms with Crippen molar-refractivity contribution in [2.24, 2.45) is 51.8 Å². The quantitative estimate of drug-likeness (QED) is 0.478. The van der Waals surface area contributed by atoms with Crippen molar-refractivity contribution in [3.8, 4) is 0 Å². The number of rotatable bonds is 1. The normalized spacial score (nSPS) is 61.0. The topological polar surface area (TPSA) is 72.8 Å². The predicted octanol–water partition coefficient (Wildman–Crippen LogP) is 4.07. The molecule has 0 aromatic heterocycles. The van der Waals surface area contributed by atoms with Gasteiger partial charge in [-0.2, -0.15) is 0 Å². The summed E-state index contributed by atoms with van der Waals surface area (Å²) in [4.78, 5) is 25.8. The molecular formula is C28H38O5. The van der Waals surface area contributed by atoms with Crippen molar-refractivity contribution in [2.75, 3.05) is 6.61 Å². The summed E-state index contributed by atoms with van der Waals surface area (Å²) in [5.41, 5.74) is -0.431. The van der Waals surface area contributed by atoms with E-state index < -0.39 is 5.60 Å². The molecule has 2 saturated heterocycles. The highest BCUT2D eigenvalue weighted by atomic mass is 16.6. The lowest BCUT2D eigenvalue weighted by Crippen LogP contribution is -2.60. The Balaban J connectivity index is 1.19. The van der Waals surface area contributed by atoms with Gasteiger partial charge in [0.1, 0.15) is 17.5 Å². The molecule has 7 aliphatic rings. The second kappa shape index (κ2) is 6.13. The summed E-state index contributed by atoms with van der Waals surface area (Å²) in [6.07, 6.45) is 7.39. The molecule has 2 aliphatic heterocycles. The lowest BCUT2D eigenvalue weighted by atomic mass is 9.45. The molecule has 0 aromatic carbocycles. The molecule has 12 unspecified atom stereocenters. The maximum atomic E-state index is 13.3. The maximum Gasteiger partial charge on any atom is 0.336 e. The van der Waals surface area contributed by atoms with Gasteiger partial charge in [0.15, 0.2) is 0 Å².